The number of hydrogen-bond donors (Lipinski definition) is 1. The van der Waals surface area contributed by atoms with Crippen molar-refractivity contribution in [1.82, 2.24) is 14.5 Å². The van der Waals surface area contributed by atoms with Crippen LogP contribution in [0.4, 0.5) is 16.3 Å². The molecule has 0 unspecified atom stereocenters. The van der Waals surface area contributed by atoms with Gasteiger partial charge in [-0.2, -0.15) is 0 Å². The van der Waals surface area contributed by atoms with Gasteiger partial charge in [0.1, 0.15) is 11.4 Å². The fraction of sp³-hybridized carbons (Fsp3) is 0.259. The van der Waals surface area contributed by atoms with E-state index in [4.69, 9.17) is 16.3 Å². The second-order valence-corrected chi connectivity index (χ2v) is 10.2. The minimum Gasteiger partial charge on any atom is -0.444 e. The standard InChI is InChI=1S/C27H26ClN5O3/c1-16-10-25(31-26(35)36-27(2,3)4)30-13-23(16)33-9-7-24(34)18-11-19(28)22(12-21(18)33)32-14-17-6-5-8-29-20(17)15-32/h5-13H,14-15H2,1-4H3,(H,30,31,35). The predicted octanol–water partition coefficient (Wildman–Crippen LogP) is 5.61. The Morgan fingerprint density at radius 2 is 1.92 bits per heavy atom. The van der Waals surface area contributed by atoms with Crippen molar-refractivity contribution in [2.24, 2.45) is 0 Å². The molecule has 0 aliphatic carbocycles. The number of nitrogens with one attached hydrogen (secondary N) is 1. The highest BCUT2D eigenvalue weighted by Gasteiger charge is 2.23. The number of anilines is 2. The van der Waals surface area contributed by atoms with Crippen molar-refractivity contribution in [2.45, 2.75) is 46.4 Å². The average molecular weight is 504 g/mol. The number of benzene rings is 1. The van der Waals surface area contributed by atoms with E-state index in [1.54, 1.807) is 51.5 Å². The fourth-order valence-electron chi connectivity index (χ4n) is 4.36. The Morgan fingerprint density at radius 1 is 1.11 bits per heavy atom. The number of halogens is 1. The van der Waals surface area contributed by atoms with Gasteiger partial charge in [0.2, 0.25) is 0 Å². The second-order valence-electron chi connectivity index (χ2n) is 9.82. The zero-order chi connectivity index (χ0) is 25.6. The first kappa shape index (κ1) is 23.8. The van der Waals surface area contributed by atoms with Crippen molar-refractivity contribution < 1.29 is 9.53 Å². The normalized spacial score (nSPS) is 13.1. The summed E-state index contributed by atoms with van der Waals surface area (Å²) in [6.07, 6.45) is 4.61. The van der Waals surface area contributed by atoms with E-state index in [0.717, 1.165) is 28.2 Å². The van der Waals surface area contributed by atoms with Crippen LogP contribution in [0.25, 0.3) is 16.6 Å². The van der Waals surface area contributed by atoms with Gasteiger partial charge in [-0.15, -0.1) is 0 Å². The molecule has 0 saturated heterocycles. The van der Waals surface area contributed by atoms with Crippen LogP contribution in [0, 0.1) is 6.92 Å². The maximum absolute atomic E-state index is 12.7. The molecule has 0 bridgehead atoms. The summed E-state index contributed by atoms with van der Waals surface area (Å²) in [6, 6.07) is 10.9. The summed E-state index contributed by atoms with van der Waals surface area (Å²) in [7, 11) is 0. The zero-order valence-electron chi connectivity index (χ0n) is 20.5. The highest BCUT2D eigenvalue weighted by atomic mass is 35.5. The SMILES string of the molecule is Cc1cc(NC(=O)OC(C)(C)C)ncc1-n1ccc(=O)c2cc(Cl)c(N3Cc4cccnc4C3)cc21. The lowest BCUT2D eigenvalue weighted by molar-refractivity contribution is 0.0635. The monoisotopic (exact) mass is 503 g/mol. The summed E-state index contributed by atoms with van der Waals surface area (Å²) >= 11 is 6.67. The number of amides is 1. The lowest BCUT2D eigenvalue weighted by Crippen LogP contribution is -2.27. The number of carbonyl (C=O) groups is 1. The van der Waals surface area contributed by atoms with Crippen LogP contribution in [0.5, 0.6) is 0 Å². The molecular weight excluding hydrogens is 478 g/mol. The minimum absolute atomic E-state index is 0.116. The van der Waals surface area contributed by atoms with Crippen molar-refractivity contribution in [3.8, 4) is 5.69 Å². The first-order chi connectivity index (χ1) is 17.1. The molecule has 1 N–H and O–H groups in total. The molecule has 1 aliphatic heterocycles. The first-order valence-corrected chi connectivity index (χ1v) is 12.0. The number of fused-ring (bicyclic) bond motifs is 2. The second kappa shape index (κ2) is 8.95. The molecule has 5 rings (SSSR count). The van der Waals surface area contributed by atoms with Crippen LogP contribution >= 0.6 is 11.6 Å². The van der Waals surface area contributed by atoms with E-state index in [2.05, 4.69) is 26.3 Å². The van der Waals surface area contributed by atoms with Crippen LogP contribution in [-0.2, 0) is 17.8 Å². The van der Waals surface area contributed by atoms with Gasteiger partial charge in [0.15, 0.2) is 5.43 Å². The summed E-state index contributed by atoms with van der Waals surface area (Å²) in [5, 5.41) is 3.69. The van der Waals surface area contributed by atoms with E-state index in [0.29, 0.717) is 34.8 Å². The smallest absolute Gasteiger partial charge is 0.413 e. The topological polar surface area (TPSA) is 89.3 Å². The van der Waals surface area contributed by atoms with E-state index >= 15 is 0 Å². The number of carbonyl (C=O) groups excluding carboxylic acids is 1. The summed E-state index contributed by atoms with van der Waals surface area (Å²) < 4.78 is 7.23. The molecule has 1 aromatic carbocycles. The fourth-order valence-corrected chi connectivity index (χ4v) is 4.64. The van der Waals surface area contributed by atoms with Gasteiger partial charge in [-0.1, -0.05) is 17.7 Å². The van der Waals surface area contributed by atoms with Crippen LogP contribution in [0.1, 0.15) is 37.6 Å². The van der Waals surface area contributed by atoms with Crippen LogP contribution in [0.2, 0.25) is 5.02 Å². The maximum atomic E-state index is 12.7. The molecular formula is C27H26ClN5O3. The summed E-state index contributed by atoms with van der Waals surface area (Å²) in [4.78, 5) is 35.9. The Hall–Kier alpha value is -3.91. The molecule has 4 heterocycles. The number of aryl methyl sites for hydroxylation is 1. The van der Waals surface area contributed by atoms with E-state index in [-0.39, 0.29) is 5.43 Å². The molecule has 0 saturated carbocycles. The Morgan fingerprint density at radius 3 is 2.64 bits per heavy atom. The van der Waals surface area contributed by atoms with E-state index < -0.39 is 11.7 Å². The third-order valence-electron chi connectivity index (χ3n) is 5.96. The molecule has 3 aromatic heterocycles. The van der Waals surface area contributed by atoms with Gasteiger partial charge in [0.05, 0.1) is 40.3 Å². The van der Waals surface area contributed by atoms with Crippen molar-refractivity contribution in [3.05, 3.63) is 87.1 Å². The quantitative estimate of drug-likeness (QED) is 0.391. The highest BCUT2D eigenvalue weighted by molar-refractivity contribution is 6.34. The number of hydrogen-bond acceptors (Lipinski definition) is 6. The Labute approximate surface area is 213 Å². The lowest BCUT2D eigenvalue weighted by atomic mass is 10.1. The number of pyridine rings is 3. The Kier molecular flexibility index (Phi) is 5.92. The number of aromatic nitrogens is 3. The van der Waals surface area contributed by atoms with Crippen molar-refractivity contribution in [3.63, 3.8) is 0 Å². The molecule has 9 heteroatoms. The van der Waals surface area contributed by atoms with Gasteiger partial charge in [-0.25, -0.2) is 9.78 Å². The van der Waals surface area contributed by atoms with Crippen LogP contribution in [0.15, 0.2) is 59.8 Å². The third kappa shape index (κ3) is 4.64. The Balaban J connectivity index is 1.53. The maximum Gasteiger partial charge on any atom is 0.413 e. The highest BCUT2D eigenvalue weighted by Crippen LogP contribution is 2.35. The van der Waals surface area contributed by atoms with Gasteiger partial charge in [-0.05, 0) is 63.1 Å². The van der Waals surface area contributed by atoms with E-state index in [9.17, 15) is 9.59 Å². The van der Waals surface area contributed by atoms with Crippen LogP contribution in [-0.4, -0.2) is 26.2 Å². The van der Waals surface area contributed by atoms with E-state index in [1.807, 2.05) is 23.6 Å². The molecule has 0 spiro atoms. The molecule has 184 valence electrons. The summed E-state index contributed by atoms with van der Waals surface area (Å²) in [5.41, 5.74) is 4.62. The van der Waals surface area contributed by atoms with Crippen molar-refractivity contribution >= 4 is 40.1 Å². The summed E-state index contributed by atoms with van der Waals surface area (Å²) in [6.45, 7) is 8.65. The Bertz CT molecular complexity index is 1530. The molecule has 8 nitrogen and oxygen atoms in total. The predicted molar refractivity (Wildman–Crippen MR) is 141 cm³/mol. The van der Waals surface area contributed by atoms with Gasteiger partial charge in [-0.3, -0.25) is 15.1 Å². The molecule has 36 heavy (non-hydrogen) atoms. The van der Waals surface area contributed by atoms with Gasteiger partial charge < -0.3 is 14.2 Å². The summed E-state index contributed by atoms with van der Waals surface area (Å²) in [5.74, 6) is 0.377. The van der Waals surface area contributed by atoms with Gasteiger partial charge >= 0.3 is 6.09 Å². The molecule has 1 amide bonds. The molecule has 0 radical (unpaired) electrons. The number of nitrogens with zero attached hydrogens (tertiary/aromatic N) is 4. The van der Waals surface area contributed by atoms with E-state index in [1.165, 1.54) is 6.07 Å². The molecule has 1 aliphatic rings. The third-order valence-corrected chi connectivity index (χ3v) is 6.27. The minimum atomic E-state index is -0.611. The van der Waals surface area contributed by atoms with Crippen LogP contribution in [0.3, 0.4) is 0 Å². The van der Waals surface area contributed by atoms with Gasteiger partial charge in [0, 0.05) is 30.4 Å². The first-order valence-electron chi connectivity index (χ1n) is 11.6. The average Bonchev–Trinajstić information content (AvgIpc) is 3.23. The van der Waals surface area contributed by atoms with Crippen LogP contribution < -0.4 is 15.6 Å². The molecule has 0 atom stereocenters. The van der Waals surface area contributed by atoms with Crippen molar-refractivity contribution in [1.29, 1.82) is 0 Å². The largest absolute Gasteiger partial charge is 0.444 e. The molecule has 0 fully saturated rings. The van der Waals surface area contributed by atoms with Crippen molar-refractivity contribution in [2.75, 3.05) is 10.2 Å². The zero-order valence-corrected chi connectivity index (χ0v) is 21.3. The number of ether oxygens (including phenoxy) is 1. The molecule has 4 aromatic rings. The van der Waals surface area contributed by atoms with Gasteiger partial charge in [0.25, 0.3) is 0 Å². The number of rotatable bonds is 3. The lowest BCUT2D eigenvalue weighted by Gasteiger charge is -2.21.